The van der Waals surface area contributed by atoms with Crippen molar-refractivity contribution in [2.45, 2.75) is 37.0 Å². The molecule has 84 valence electrons. The average molecular weight is 211 g/mol. The van der Waals surface area contributed by atoms with Gasteiger partial charge in [0.05, 0.1) is 1.37 Å². The zero-order valence-electron chi connectivity index (χ0n) is 8.22. The molecule has 6 atom stereocenters. The predicted molar refractivity (Wildman–Crippen MR) is 41.9 cm³/mol. The molecule has 2 unspecified atom stereocenters. The van der Waals surface area contributed by atoms with Crippen LogP contribution in [0.25, 0.3) is 0 Å². The van der Waals surface area contributed by atoms with Crippen LogP contribution in [0.4, 0.5) is 0 Å². The fourth-order valence-electron chi connectivity index (χ4n) is 1.23. The maximum absolute atomic E-state index is 9.39. The van der Waals surface area contributed by atoms with Crippen molar-refractivity contribution in [3.63, 3.8) is 0 Å². The van der Waals surface area contributed by atoms with Gasteiger partial charge in [-0.2, -0.15) is 0 Å². The summed E-state index contributed by atoms with van der Waals surface area (Å²) in [6, 6.07) is 0. The van der Waals surface area contributed by atoms with Crippen LogP contribution in [-0.2, 0) is 9.47 Å². The van der Waals surface area contributed by atoms with Crippen molar-refractivity contribution >= 4 is 0 Å². The molecular formula is C7H14O7. The molecule has 1 aliphatic rings. The van der Waals surface area contributed by atoms with E-state index in [1.165, 1.54) is 0 Å². The second-order valence-corrected chi connectivity index (χ2v) is 3.02. The van der Waals surface area contributed by atoms with E-state index in [9.17, 15) is 10.2 Å². The van der Waals surface area contributed by atoms with Gasteiger partial charge in [-0.3, -0.25) is 0 Å². The van der Waals surface area contributed by atoms with Crippen LogP contribution in [0.3, 0.4) is 0 Å². The minimum Gasteiger partial charge on any atom is -0.387 e. The summed E-state index contributed by atoms with van der Waals surface area (Å²) in [5, 5.41) is 45.9. The van der Waals surface area contributed by atoms with Crippen LogP contribution in [0.5, 0.6) is 0 Å². The number of hydrogen-bond acceptors (Lipinski definition) is 7. The topological polar surface area (TPSA) is 120 Å². The van der Waals surface area contributed by atoms with E-state index in [0.29, 0.717) is 0 Å². The highest BCUT2D eigenvalue weighted by Crippen LogP contribution is 2.23. The van der Waals surface area contributed by atoms with Crippen molar-refractivity contribution < 1.29 is 36.4 Å². The summed E-state index contributed by atoms with van der Waals surface area (Å²) in [7, 11) is -0.577. The fraction of sp³-hybridized carbons (Fsp3) is 1.00. The molecule has 14 heavy (non-hydrogen) atoms. The van der Waals surface area contributed by atoms with Crippen LogP contribution in [0, 0.1) is 0 Å². The zero-order chi connectivity index (χ0) is 11.6. The Balaban J connectivity index is 2.57. The van der Waals surface area contributed by atoms with Gasteiger partial charge in [0.1, 0.15) is 24.4 Å². The minimum atomic E-state index is -1.72. The van der Waals surface area contributed by atoms with E-state index in [1.54, 1.807) is 0 Å². The third kappa shape index (κ3) is 2.04. The van der Waals surface area contributed by atoms with Crippen LogP contribution in [0.15, 0.2) is 0 Å². The maximum Gasteiger partial charge on any atom is 0.184 e. The molecule has 1 aliphatic heterocycles. The molecule has 0 bridgehead atoms. The summed E-state index contributed by atoms with van der Waals surface area (Å²) in [6.45, 7) is 0. The molecule has 7 nitrogen and oxygen atoms in total. The lowest BCUT2D eigenvalue weighted by Crippen LogP contribution is -2.45. The van der Waals surface area contributed by atoms with Crippen LogP contribution in [0.1, 0.15) is 1.37 Å². The highest BCUT2D eigenvalue weighted by molar-refractivity contribution is 4.90. The molecule has 0 aromatic rings. The first-order valence-corrected chi connectivity index (χ1v) is 3.95. The summed E-state index contributed by atoms with van der Waals surface area (Å²) in [5.41, 5.74) is 0. The number of methoxy groups -OCH3 is 1. The molecule has 0 aromatic carbocycles. The predicted octanol–water partition coefficient (Wildman–Crippen LogP) is -3.25. The van der Waals surface area contributed by atoms with Gasteiger partial charge in [0, 0.05) is 7.09 Å². The second-order valence-electron chi connectivity index (χ2n) is 3.02. The number of hydrogen-bond donors (Lipinski definition) is 5. The molecule has 0 saturated carbocycles. The number of aliphatic hydroxyl groups excluding tert-OH is 5. The quantitative estimate of drug-likeness (QED) is 0.311. The van der Waals surface area contributed by atoms with Crippen LogP contribution < -0.4 is 0 Å². The fourth-order valence-corrected chi connectivity index (χ4v) is 1.23. The average Bonchev–Trinajstić information content (AvgIpc) is 2.45. The van der Waals surface area contributed by atoms with Gasteiger partial charge in [0.25, 0.3) is 0 Å². The summed E-state index contributed by atoms with van der Waals surface area (Å²) >= 11 is 0. The molecule has 0 aliphatic carbocycles. The lowest BCUT2D eigenvalue weighted by Gasteiger charge is -2.23. The molecule has 0 aromatic heterocycles. The van der Waals surface area contributed by atoms with E-state index < -0.39 is 44.1 Å². The third-order valence-corrected chi connectivity index (χ3v) is 2.07. The van der Waals surface area contributed by atoms with E-state index in [-0.39, 0.29) is 0 Å². The highest BCUT2D eigenvalue weighted by atomic mass is 16.7. The van der Waals surface area contributed by atoms with Gasteiger partial charge in [0.2, 0.25) is 0 Å². The Kier molecular flexibility index (Phi) is 3.29. The molecule has 0 radical (unpaired) electrons. The first-order chi connectivity index (χ1) is 6.99. The number of aliphatic hydroxyl groups is 5. The van der Waals surface area contributed by atoms with Gasteiger partial charge in [-0.15, -0.1) is 0 Å². The van der Waals surface area contributed by atoms with Gasteiger partial charge in [-0.05, 0) is 0 Å². The summed E-state index contributed by atoms with van der Waals surface area (Å²) in [6.07, 6.45) is -9.44. The van der Waals surface area contributed by atoms with Crippen molar-refractivity contribution in [1.29, 1.82) is 0 Å². The molecule has 0 spiro atoms. The van der Waals surface area contributed by atoms with Crippen molar-refractivity contribution in [2.24, 2.45) is 0 Å². The monoisotopic (exact) mass is 211 g/mol. The zero-order valence-corrected chi connectivity index (χ0v) is 7.22. The highest BCUT2D eigenvalue weighted by Gasteiger charge is 2.47. The van der Waals surface area contributed by atoms with Crippen molar-refractivity contribution in [1.82, 2.24) is 0 Å². The summed E-state index contributed by atoms with van der Waals surface area (Å²) < 4.78 is 15.6. The van der Waals surface area contributed by atoms with E-state index >= 15 is 0 Å². The smallest absolute Gasteiger partial charge is 0.184 e. The summed E-state index contributed by atoms with van der Waals surface area (Å²) in [4.78, 5) is 0. The molecule has 5 N–H and O–H groups in total. The number of rotatable bonds is 3. The van der Waals surface area contributed by atoms with Gasteiger partial charge >= 0.3 is 0 Å². The third-order valence-electron chi connectivity index (χ3n) is 2.07. The van der Waals surface area contributed by atoms with Gasteiger partial charge < -0.3 is 35.0 Å². The molecule has 1 saturated heterocycles. The van der Waals surface area contributed by atoms with E-state index in [1.807, 2.05) is 0 Å². The Morgan fingerprint density at radius 3 is 2.36 bits per heavy atom. The molecule has 1 heterocycles. The van der Waals surface area contributed by atoms with Crippen LogP contribution in [0.2, 0.25) is 0 Å². The van der Waals surface area contributed by atoms with Crippen molar-refractivity contribution in [3.8, 4) is 0 Å². The van der Waals surface area contributed by atoms with Gasteiger partial charge in [-0.1, -0.05) is 0 Å². The van der Waals surface area contributed by atoms with E-state index in [2.05, 4.69) is 9.47 Å². The SMILES string of the molecule is [2H]COC(O)[C@@H](O)[C@@H]1OC(O)[C@H](O)[C@H]1O. The molecule has 1 rings (SSSR count). The lowest BCUT2D eigenvalue weighted by molar-refractivity contribution is -0.207. The molecule has 7 heteroatoms. The van der Waals surface area contributed by atoms with E-state index in [4.69, 9.17) is 16.7 Å². The first-order valence-electron chi connectivity index (χ1n) is 4.66. The van der Waals surface area contributed by atoms with Crippen molar-refractivity contribution in [3.05, 3.63) is 0 Å². The maximum atomic E-state index is 9.39. The van der Waals surface area contributed by atoms with E-state index in [0.717, 1.165) is 0 Å². The second kappa shape index (κ2) is 4.49. The minimum absolute atomic E-state index is 0.577. The first kappa shape index (κ1) is 10.2. The summed E-state index contributed by atoms with van der Waals surface area (Å²) in [5.74, 6) is 0. The van der Waals surface area contributed by atoms with Crippen LogP contribution >= 0.6 is 0 Å². The molecule has 0 amide bonds. The molecular weight excluding hydrogens is 196 g/mol. The Morgan fingerprint density at radius 1 is 1.29 bits per heavy atom. The Hall–Kier alpha value is -0.280. The van der Waals surface area contributed by atoms with Crippen molar-refractivity contribution in [2.75, 3.05) is 7.09 Å². The lowest BCUT2D eigenvalue weighted by atomic mass is 10.1. The standard InChI is InChI=1S/C7H14O7/c1-13-6(11)4(10)5-2(8)3(9)7(12)14-5/h2-12H,1H3/t2-,3-,4+,5-,6?,7?/m1/s1/i1D. The molecule has 1 fully saturated rings. The number of ether oxygens (including phenoxy) is 2. The largest absolute Gasteiger partial charge is 0.387 e. The van der Waals surface area contributed by atoms with Crippen LogP contribution in [-0.4, -0.2) is 69.6 Å². The van der Waals surface area contributed by atoms with Gasteiger partial charge in [0.15, 0.2) is 12.6 Å². The normalized spacial score (nSPS) is 43.4. The Morgan fingerprint density at radius 2 is 1.93 bits per heavy atom. The Bertz CT molecular complexity index is 204. The van der Waals surface area contributed by atoms with Gasteiger partial charge in [-0.25, -0.2) is 0 Å². The Labute approximate surface area is 81.5 Å².